The van der Waals surface area contributed by atoms with E-state index in [9.17, 15) is 9.59 Å². The monoisotopic (exact) mass is 330 g/mol. The van der Waals surface area contributed by atoms with Crippen molar-refractivity contribution >= 4 is 17.7 Å². The first kappa shape index (κ1) is 17.3. The lowest BCUT2D eigenvalue weighted by Gasteiger charge is -2.07. The summed E-state index contributed by atoms with van der Waals surface area (Å²) in [5, 5.41) is 2.92. The topological polar surface area (TPSA) is 51.1 Å². The van der Waals surface area contributed by atoms with Crippen LogP contribution in [0.1, 0.15) is 28.8 Å². The second kappa shape index (κ2) is 9.20. The van der Waals surface area contributed by atoms with E-state index < -0.39 is 0 Å². The Kier molecular flexibility index (Phi) is 6.94. The van der Waals surface area contributed by atoms with Gasteiger partial charge in [0, 0.05) is 36.7 Å². The molecule has 1 aromatic carbocycles. The molecule has 1 N–H and O–H groups in total. The van der Waals surface area contributed by atoms with Gasteiger partial charge in [0.1, 0.15) is 0 Å². The van der Waals surface area contributed by atoms with E-state index in [2.05, 4.69) is 11.6 Å². The lowest BCUT2D eigenvalue weighted by atomic mass is 10.1. The summed E-state index contributed by atoms with van der Waals surface area (Å²) >= 11 is 1.76. The van der Waals surface area contributed by atoms with Gasteiger partial charge in [-0.05, 0) is 42.9 Å². The first-order valence-corrected chi connectivity index (χ1v) is 9.11. The SMILES string of the molecule is CSCc1ccc(C(=O)NCCCCn2ccccc2=O)cc1. The number of hydrogen-bond acceptors (Lipinski definition) is 3. The molecule has 2 aromatic rings. The predicted octanol–water partition coefficient (Wildman–Crippen LogP) is 2.92. The lowest BCUT2D eigenvalue weighted by Crippen LogP contribution is -2.25. The van der Waals surface area contributed by atoms with Crippen molar-refractivity contribution in [3.05, 3.63) is 70.1 Å². The minimum atomic E-state index is -0.0439. The van der Waals surface area contributed by atoms with E-state index in [-0.39, 0.29) is 11.5 Å². The molecule has 0 aliphatic heterocycles. The van der Waals surface area contributed by atoms with Crippen molar-refractivity contribution < 1.29 is 4.79 Å². The molecule has 0 atom stereocenters. The van der Waals surface area contributed by atoms with Crippen molar-refractivity contribution in [2.24, 2.45) is 0 Å². The Morgan fingerprint density at radius 3 is 2.61 bits per heavy atom. The van der Waals surface area contributed by atoms with Crippen LogP contribution in [0.4, 0.5) is 0 Å². The van der Waals surface area contributed by atoms with Gasteiger partial charge in [0.2, 0.25) is 5.56 Å². The molecule has 2 rings (SSSR count). The number of hydrogen-bond donors (Lipinski definition) is 1. The Labute approximate surface area is 140 Å². The largest absolute Gasteiger partial charge is 0.352 e. The van der Waals surface area contributed by atoms with Crippen LogP contribution in [0.2, 0.25) is 0 Å². The van der Waals surface area contributed by atoms with Crippen LogP contribution in [0.5, 0.6) is 0 Å². The summed E-state index contributed by atoms with van der Waals surface area (Å²) in [5.41, 5.74) is 1.93. The summed E-state index contributed by atoms with van der Waals surface area (Å²) < 4.78 is 1.69. The van der Waals surface area contributed by atoms with Crippen LogP contribution < -0.4 is 10.9 Å². The Balaban J connectivity index is 1.70. The van der Waals surface area contributed by atoms with Gasteiger partial charge in [0.05, 0.1) is 0 Å². The highest BCUT2D eigenvalue weighted by atomic mass is 32.2. The molecule has 1 heterocycles. The van der Waals surface area contributed by atoms with Crippen molar-refractivity contribution in [1.29, 1.82) is 0 Å². The molecule has 1 amide bonds. The second-order valence-corrected chi connectivity index (χ2v) is 6.19. The van der Waals surface area contributed by atoms with Gasteiger partial charge in [-0.25, -0.2) is 0 Å². The lowest BCUT2D eigenvalue weighted by molar-refractivity contribution is 0.0953. The third kappa shape index (κ3) is 5.60. The number of benzene rings is 1. The van der Waals surface area contributed by atoms with Crippen molar-refractivity contribution in [1.82, 2.24) is 9.88 Å². The standard InChI is InChI=1S/C18H22N2O2S/c1-23-14-15-7-9-16(10-8-15)18(22)19-11-3-5-13-20-12-4-2-6-17(20)21/h2,4,6-10,12H,3,5,11,13-14H2,1H3,(H,19,22). The maximum absolute atomic E-state index is 12.0. The first-order chi connectivity index (χ1) is 11.2. The molecule has 0 unspecified atom stereocenters. The maximum Gasteiger partial charge on any atom is 0.251 e. The fourth-order valence-electron chi connectivity index (χ4n) is 2.28. The highest BCUT2D eigenvalue weighted by Gasteiger charge is 2.04. The predicted molar refractivity (Wildman–Crippen MR) is 95.9 cm³/mol. The van der Waals surface area contributed by atoms with E-state index in [0.29, 0.717) is 18.7 Å². The molecular formula is C18H22N2O2S. The minimum Gasteiger partial charge on any atom is -0.352 e. The zero-order valence-electron chi connectivity index (χ0n) is 13.3. The summed E-state index contributed by atoms with van der Waals surface area (Å²) in [4.78, 5) is 23.6. The molecule has 5 heteroatoms. The normalized spacial score (nSPS) is 10.5. The molecule has 0 saturated heterocycles. The van der Waals surface area contributed by atoms with E-state index in [1.807, 2.05) is 30.3 Å². The van der Waals surface area contributed by atoms with E-state index in [1.54, 1.807) is 34.7 Å². The second-order valence-electron chi connectivity index (χ2n) is 5.33. The van der Waals surface area contributed by atoms with Gasteiger partial charge in [-0.2, -0.15) is 11.8 Å². The van der Waals surface area contributed by atoms with Gasteiger partial charge in [0.25, 0.3) is 5.91 Å². The molecule has 1 aromatic heterocycles. The maximum atomic E-state index is 12.0. The third-order valence-corrected chi connectivity index (χ3v) is 4.16. The van der Waals surface area contributed by atoms with Crippen LogP contribution in [0, 0.1) is 0 Å². The number of amides is 1. The van der Waals surface area contributed by atoms with Crippen LogP contribution in [0.25, 0.3) is 0 Å². The smallest absolute Gasteiger partial charge is 0.251 e. The third-order valence-electron chi connectivity index (χ3n) is 3.54. The van der Waals surface area contributed by atoms with Crippen LogP contribution in [0.15, 0.2) is 53.5 Å². The number of carbonyl (C=O) groups excluding carboxylic acids is 1. The number of aromatic nitrogens is 1. The van der Waals surface area contributed by atoms with E-state index in [4.69, 9.17) is 0 Å². The van der Waals surface area contributed by atoms with E-state index in [1.165, 1.54) is 5.56 Å². The highest BCUT2D eigenvalue weighted by Crippen LogP contribution is 2.10. The molecular weight excluding hydrogens is 308 g/mol. The van der Waals surface area contributed by atoms with Crippen molar-refractivity contribution in [3.8, 4) is 0 Å². The Morgan fingerprint density at radius 1 is 1.13 bits per heavy atom. The summed E-state index contributed by atoms with van der Waals surface area (Å²) in [7, 11) is 0. The van der Waals surface area contributed by atoms with E-state index >= 15 is 0 Å². The molecule has 0 radical (unpaired) electrons. The Bertz CT molecular complexity index is 680. The molecule has 0 spiro atoms. The van der Waals surface area contributed by atoms with Gasteiger partial charge in [-0.1, -0.05) is 18.2 Å². The van der Waals surface area contributed by atoms with Crippen LogP contribution in [-0.4, -0.2) is 23.3 Å². The van der Waals surface area contributed by atoms with Crippen LogP contribution >= 0.6 is 11.8 Å². The average molecular weight is 330 g/mol. The quantitative estimate of drug-likeness (QED) is 0.757. The zero-order valence-corrected chi connectivity index (χ0v) is 14.1. The number of unbranched alkanes of at least 4 members (excludes halogenated alkanes) is 1. The van der Waals surface area contributed by atoms with Gasteiger partial charge in [-0.15, -0.1) is 0 Å². The molecule has 122 valence electrons. The van der Waals surface area contributed by atoms with Crippen molar-refractivity contribution in [2.75, 3.05) is 12.8 Å². The highest BCUT2D eigenvalue weighted by molar-refractivity contribution is 7.97. The van der Waals surface area contributed by atoms with Gasteiger partial charge in [0.15, 0.2) is 0 Å². The number of rotatable bonds is 8. The number of thioether (sulfide) groups is 1. The molecule has 4 nitrogen and oxygen atoms in total. The average Bonchev–Trinajstić information content (AvgIpc) is 2.57. The summed E-state index contributed by atoms with van der Waals surface area (Å²) in [6, 6.07) is 12.9. The number of pyridine rings is 1. The number of nitrogens with zero attached hydrogens (tertiary/aromatic N) is 1. The molecule has 23 heavy (non-hydrogen) atoms. The van der Waals surface area contributed by atoms with Crippen molar-refractivity contribution in [2.45, 2.75) is 25.1 Å². The summed E-state index contributed by atoms with van der Waals surface area (Å²) in [5.74, 6) is 0.915. The summed E-state index contributed by atoms with van der Waals surface area (Å²) in [6.07, 6.45) is 5.55. The molecule has 0 saturated carbocycles. The molecule has 0 fully saturated rings. The fourth-order valence-corrected chi connectivity index (χ4v) is 2.80. The Morgan fingerprint density at radius 2 is 1.91 bits per heavy atom. The first-order valence-electron chi connectivity index (χ1n) is 7.72. The van der Waals surface area contributed by atoms with Crippen molar-refractivity contribution in [3.63, 3.8) is 0 Å². The molecule has 0 aliphatic rings. The van der Waals surface area contributed by atoms with Crippen LogP contribution in [-0.2, 0) is 12.3 Å². The van der Waals surface area contributed by atoms with E-state index in [0.717, 1.165) is 18.6 Å². The van der Waals surface area contributed by atoms with Crippen LogP contribution in [0.3, 0.4) is 0 Å². The summed E-state index contributed by atoms with van der Waals surface area (Å²) in [6.45, 7) is 1.30. The van der Waals surface area contributed by atoms with Gasteiger partial charge in [-0.3, -0.25) is 9.59 Å². The fraction of sp³-hybridized carbons (Fsp3) is 0.333. The number of nitrogens with one attached hydrogen (secondary N) is 1. The number of carbonyl (C=O) groups is 1. The number of aryl methyl sites for hydroxylation is 1. The Hall–Kier alpha value is -2.01. The molecule has 0 aliphatic carbocycles. The van der Waals surface area contributed by atoms with Gasteiger partial charge >= 0.3 is 0 Å². The molecule has 0 bridgehead atoms. The van der Waals surface area contributed by atoms with Gasteiger partial charge < -0.3 is 9.88 Å². The minimum absolute atomic E-state index is 0.0156. The zero-order chi connectivity index (χ0) is 16.5.